The van der Waals surface area contributed by atoms with E-state index in [9.17, 15) is 14.4 Å². The molecule has 0 amide bonds. The van der Waals surface area contributed by atoms with Crippen LogP contribution < -0.4 is 15.6 Å². The van der Waals surface area contributed by atoms with Gasteiger partial charge in [-0.15, -0.1) is 0 Å². The van der Waals surface area contributed by atoms with Crippen molar-refractivity contribution < 1.29 is 14.4 Å². The smallest absolute Gasteiger partial charge is 0.213 e. The summed E-state index contributed by atoms with van der Waals surface area (Å²) in [6.45, 7) is 11.1. The molecule has 0 aliphatic rings. The Bertz CT molecular complexity index is 360. The highest BCUT2D eigenvalue weighted by molar-refractivity contribution is 6.89. The highest BCUT2D eigenvalue weighted by Gasteiger charge is 2.30. The van der Waals surface area contributed by atoms with Crippen LogP contribution in [0.25, 0.3) is 0 Å². The quantitative estimate of drug-likeness (QED) is 0.683. The minimum Gasteiger partial charge on any atom is -0.428 e. The maximum Gasteiger partial charge on any atom is 0.213 e. The van der Waals surface area contributed by atoms with Crippen LogP contribution in [-0.4, -0.2) is 39.3 Å². The van der Waals surface area contributed by atoms with Crippen molar-refractivity contribution in [1.29, 1.82) is 0 Å². The molecule has 0 unspecified atom stereocenters. The van der Waals surface area contributed by atoms with Crippen LogP contribution in [-0.2, 0) is 0 Å². The SMILES string of the molecule is C[Si](C)(O)c1cc([Si](C)(C)O)cc([Si](C)(C)O)c1. The molecule has 0 fully saturated rings. The summed E-state index contributed by atoms with van der Waals surface area (Å²) in [5, 5.41) is 2.66. The maximum atomic E-state index is 10.3. The molecule has 0 aliphatic carbocycles. The van der Waals surface area contributed by atoms with Crippen LogP contribution in [0.1, 0.15) is 0 Å². The third kappa shape index (κ3) is 3.87. The average molecular weight is 301 g/mol. The first kappa shape index (κ1) is 15.8. The number of rotatable bonds is 3. The van der Waals surface area contributed by atoms with Gasteiger partial charge in [0.2, 0.25) is 25.0 Å². The van der Waals surface area contributed by atoms with Crippen LogP contribution >= 0.6 is 0 Å². The van der Waals surface area contributed by atoms with E-state index in [1.807, 2.05) is 57.5 Å². The molecule has 18 heavy (non-hydrogen) atoms. The molecule has 0 aromatic heterocycles. The van der Waals surface area contributed by atoms with Gasteiger partial charge < -0.3 is 14.4 Å². The van der Waals surface area contributed by atoms with E-state index >= 15 is 0 Å². The summed E-state index contributed by atoms with van der Waals surface area (Å²) in [6, 6.07) is 5.76. The lowest BCUT2D eigenvalue weighted by Crippen LogP contribution is -2.54. The normalized spacial score (nSPS) is 13.8. The second-order valence-corrected chi connectivity index (χ2v) is 17.6. The van der Waals surface area contributed by atoms with Crippen LogP contribution in [0, 0.1) is 0 Å². The van der Waals surface area contributed by atoms with E-state index in [-0.39, 0.29) is 0 Å². The first-order valence-corrected chi connectivity index (χ1v) is 15.0. The molecule has 0 saturated carbocycles. The van der Waals surface area contributed by atoms with Gasteiger partial charge in [-0.05, 0) is 54.8 Å². The summed E-state index contributed by atoms with van der Waals surface area (Å²) in [5.41, 5.74) is 0. The zero-order chi connectivity index (χ0) is 14.4. The Morgan fingerprint density at radius 3 is 0.833 bits per heavy atom. The summed E-state index contributed by atoms with van der Waals surface area (Å²) in [6.07, 6.45) is 0. The standard InChI is InChI=1S/C12H24O3Si3/c1-16(2,13)10-7-11(17(3,4)14)9-12(8-10)18(5,6)15/h7-9,13-15H,1-6H3. The highest BCUT2D eigenvalue weighted by atomic mass is 28.4. The zero-order valence-corrected chi connectivity index (χ0v) is 15.1. The van der Waals surface area contributed by atoms with Crippen molar-refractivity contribution in [3.8, 4) is 0 Å². The van der Waals surface area contributed by atoms with E-state index in [1.165, 1.54) is 0 Å². The molecular weight excluding hydrogens is 276 g/mol. The molecule has 0 bridgehead atoms. The lowest BCUT2D eigenvalue weighted by molar-refractivity contribution is 0.567. The Morgan fingerprint density at radius 2 is 0.722 bits per heavy atom. The van der Waals surface area contributed by atoms with Gasteiger partial charge in [-0.2, -0.15) is 0 Å². The third-order valence-electron chi connectivity index (χ3n) is 3.05. The largest absolute Gasteiger partial charge is 0.428 e. The van der Waals surface area contributed by atoms with Gasteiger partial charge in [-0.1, -0.05) is 18.2 Å². The van der Waals surface area contributed by atoms with Crippen LogP contribution in [0.5, 0.6) is 0 Å². The molecule has 0 saturated heterocycles. The van der Waals surface area contributed by atoms with Crippen LogP contribution in [0.2, 0.25) is 39.3 Å². The molecule has 6 heteroatoms. The number of benzene rings is 1. The Balaban J connectivity index is 3.49. The van der Waals surface area contributed by atoms with Crippen molar-refractivity contribution in [2.24, 2.45) is 0 Å². The van der Waals surface area contributed by atoms with Gasteiger partial charge in [0.25, 0.3) is 0 Å². The topological polar surface area (TPSA) is 60.7 Å². The lowest BCUT2D eigenvalue weighted by Gasteiger charge is -2.25. The van der Waals surface area contributed by atoms with Gasteiger partial charge in [-0.25, -0.2) is 0 Å². The van der Waals surface area contributed by atoms with Crippen LogP contribution in [0.3, 0.4) is 0 Å². The van der Waals surface area contributed by atoms with Crippen LogP contribution in [0.4, 0.5) is 0 Å². The molecule has 3 N–H and O–H groups in total. The fourth-order valence-electron chi connectivity index (χ4n) is 1.69. The maximum absolute atomic E-state index is 10.3. The lowest BCUT2D eigenvalue weighted by atomic mass is 10.3. The molecule has 0 spiro atoms. The molecule has 0 radical (unpaired) electrons. The first-order valence-electron chi connectivity index (χ1n) is 6.15. The van der Waals surface area contributed by atoms with E-state index in [0.717, 1.165) is 15.6 Å². The number of hydrogen-bond acceptors (Lipinski definition) is 3. The highest BCUT2D eigenvalue weighted by Crippen LogP contribution is 2.04. The molecule has 1 aromatic carbocycles. The predicted molar refractivity (Wildman–Crippen MR) is 84.4 cm³/mol. The second kappa shape index (κ2) is 4.70. The first-order chi connectivity index (χ1) is 7.82. The van der Waals surface area contributed by atoms with Crippen molar-refractivity contribution in [1.82, 2.24) is 0 Å². The predicted octanol–water partition coefficient (Wildman–Crippen LogP) is -0.100. The van der Waals surface area contributed by atoms with Gasteiger partial charge in [0.15, 0.2) is 0 Å². The van der Waals surface area contributed by atoms with Gasteiger partial charge >= 0.3 is 0 Å². The van der Waals surface area contributed by atoms with E-state index in [0.29, 0.717) is 0 Å². The molecular formula is C12H24O3Si3. The number of hydrogen-bond donors (Lipinski definition) is 3. The van der Waals surface area contributed by atoms with E-state index in [4.69, 9.17) is 0 Å². The monoisotopic (exact) mass is 300 g/mol. The Morgan fingerprint density at radius 1 is 0.556 bits per heavy atom. The van der Waals surface area contributed by atoms with Crippen molar-refractivity contribution >= 4 is 40.5 Å². The van der Waals surface area contributed by atoms with Crippen molar-refractivity contribution in [2.45, 2.75) is 39.3 Å². The molecule has 1 rings (SSSR count). The van der Waals surface area contributed by atoms with E-state index in [1.54, 1.807) is 0 Å². The average Bonchev–Trinajstić information content (AvgIpc) is 2.13. The Kier molecular flexibility index (Phi) is 4.12. The fraction of sp³-hybridized carbons (Fsp3) is 0.500. The summed E-state index contributed by atoms with van der Waals surface area (Å²) in [4.78, 5) is 30.8. The van der Waals surface area contributed by atoms with Gasteiger partial charge in [0.1, 0.15) is 0 Å². The minimum atomic E-state index is -2.43. The molecule has 0 heterocycles. The van der Waals surface area contributed by atoms with Crippen molar-refractivity contribution in [3.05, 3.63) is 18.2 Å². The summed E-state index contributed by atoms with van der Waals surface area (Å²) < 4.78 is 0. The van der Waals surface area contributed by atoms with E-state index in [2.05, 4.69) is 0 Å². The molecule has 0 aliphatic heterocycles. The van der Waals surface area contributed by atoms with Crippen molar-refractivity contribution in [3.63, 3.8) is 0 Å². The molecule has 102 valence electrons. The third-order valence-corrected chi connectivity index (χ3v) is 8.16. The summed E-state index contributed by atoms with van der Waals surface area (Å²) in [7, 11) is -7.29. The fourth-order valence-corrected chi connectivity index (χ4v) is 5.17. The summed E-state index contributed by atoms with van der Waals surface area (Å²) >= 11 is 0. The Labute approximate surface area is 113 Å². The molecule has 1 aromatic rings. The van der Waals surface area contributed by atoms with E-state index < -0.39 is 25.0 Å². The molecule has 0 atom stereocenters. The van der Waals surface area contributed by atoms with Gasteiger partial charge in [0.05, 0.1) is 0 Å². The van der Waals surface area contributed by atoms with Gasteiger partial charge in [0, 0.05) is 0 Å². The second-order valence-electron chi connectivity index (χ2n) is 6.48. The zero-order valence-electron chi connectivity index (χ0n) is 12.1. The Hall–Kier alpha value is -0.249. The summed E-state index contributed by atoms with van der Waals surface area (Å²) in [5.74, 6) is 0. The molecule has 3 nitrogen and oxygen atoms in total. The van der Waals surface area contributed by atoms with Crippen LogP contribution in [0.15, 0.2) is 18.2 Å². The van der Waals surface area contributed by atoms with Crippen molar-refractivity contribution in [2.75, 3.05) is 0 Å². The minimum absolute atomic E-state index is 0.888. The van der Waals surface area contributed by atoms with Gasteiger partial charge in [-0.3, -0.25) is 0 Å².